The first kappa shape index (κ1) is 42.2. The fourth-order valence-corrected chi connectivity index (χ4v) is 6.93. The summed E-state index contributed by atoms with van der Waals surface area (Å²) in [6.07, 6.45) is 1.27. The number of benzene rings is 3. The molecule has 4 heterocycles. The number of amides is 8. The number of aryl methyl sites for hydroxylation is 1. The van der Waals surface area contributed by atoms with Crippen LogP contribution in [0.5, 0.6) is 11.5 Å². The Morgan fingerprint density at radius 2 is 1.09 bits per heavy atom. The van der Waals surface area contributed by atoms with Crippen molar-refractivity contribution in [2.45, 2.75) is 62.9 Å². The fraction of sp³-hybridized carbons (Fsp3) is 0.316. The van der Waals surface area contributed by atoms with E-state index in [1.165, 1.54) is 42.5 Å². The van der Waals surface area contributed by atoms with Crippen LogP contribution in [-0.2, 0) is 28.2 Å². The summed E-state index contributed by atoms with van der Waals surface area (Å²) in [4.78, 5) is 98.2. The Bertz CT molecular complexity index is 2140. The van der Waals surface area contributed by atoms with Gasteiger partial charge >= 0.3 is 0 Å². The van der Waals surface area contributed by atoms with Crippen LogP contribution in [0.1, 0.15) is 86.0 Å². The van der Waals surface area contributed by atoms with Gasteiger partial charge in [-0.25, -0.2) is 8.42 Å². The summed E-state index contributed by atoms with van der Waals surface area (Å²) in [7, 11) is 1.54. The molecule has 3 N–H and O–H groups in total. The molecule has 19 heteroatoms. The average molecular weight is 825 g/mol. The Labute approximate surface area is 330 Å². The van der Waals surface area contributed by atoms with Crippen molar-refractivity contribution in [3.05, 3.63) is 88.5 Å². The molecule has 2 unspecified atom stereocenters. The fourth-order valence-electron chi connectivity index (χ4n) is 6.16. The number of nitrogens with one attached hydrogen (secondary N) is 2. The predicted octanol–water partition coefficient (Wildman–Crippen LogP) is 2.26. The maximum atomic E-state index is 12.5. The average Bonchev–Trinajstić information content (AvgIpc) is 3.56. The third kappa shape index (κ3) is 9.53. The van der Waals surface area contributed by atoms with Crippen molar-refractivity contribution in [1.29, 1.82) is 0 Å². The number of hydrogen-bond acceptors (Lipinski definition) is 13. The summed E-state index contributed by atoms with van der Waals surface area (Å²) in [6, 6.07) is 13.5. The van der Waals surface area contributed by atoms with Crippen molar-refractivity contribution in [2.75, 3.05) is 19.8 Å². The molecule has 3 aromatic carbocycles. The highest BCUT2D eigenvalue weighted by Crippen LogP contribution is 2.31. The molecule has 0 saturated carbocycles. The lowest BCUT2D eigenvalue weighted by atomic mass is 10.0. The third-order valence-corrected chi connectivity index (χ3v) is 10.3. The predicted molar refractivity (Wildman–Crippen MR) is 199 cm³/mol. The highest BCUT2D eigenvalue weighted by Gasteiger charge is 2.46. The Morgan fingerprint density at radius 1 is 0.667 bits per heavy atom. The summed E-state index contributed by atoms with van der Waals surface area (Å²) in [6.45, 7) is 4.25. The van der Waals surface area contributed by atoms with Crippen LogP contribution in [0.2, 0.25) is 0 Å². The molecule has 17 nitrogen and oxygen atoms in total. The Balaban J connectivity index is 0.000000174. The van der Waals surface area contributed by atoms with E-state index >= 15 is 0 Å². The summed E-state index contributed by atoms with van der Waals surface area (Å²) in [5.74, 6) is -3.39. The number of halogens is 1. The molecule has 8 amide bonds. The molecule has 4 aliphatic heterocycles. The Hall–Kier alpha value is -5.98. The smallest absolute Gasteiger partial charge is 0.262 e. The maximum absolute atomic E-state index is 12.5. The number of imide groups is 4. The van der Waals surface area contributed by atoms with Crippen LogP contribution in [0.4, 0.5) is 0 Å². The Kier molecular flexibility index (Phi) is 13.2. The normalized spacial score (nSPS) is 18.8. The monoisotopic (exact) mass is 824 g/mol. The van der Waals surface area contributed by atoms with Crippen LogP contribution < -0.4 is 20.1 Å². The van der Waals surface area contributed by atoms with Gasteiger partial charge in [-0.15, -0.1) is 0 Å². The van der Waals surface area contributed by atoms with Crippen LogP contribution in [-0.4, -0.2) is 102 Å². The van der Waals surface area contributed by atoms with E-state index in [0.29, 0.717) is 18.1 Å². The molecule has 0 bridgehead atoms. The number of fused-ring (bicyclic) bond motifs is 2. The number of hydrogen-bond donors (Lipinski definition) is 3. The van der Waals surface area contributed by atoms with Crippen LogP contribution in [0.3, 0.4) is 0 Å². The van der Waals surface area contributed by atoms with E-state index in [2.05, 4.69) is 10.6 Å². The van der Waals surface area contributed by atoms with E-state index < -0.39 is 68.4 Å². The highest BCUT2D eigenvalue weighted by molar-refractivity contribution is 8.13. The zero-order valence-corrected chi connectivity index (χ0v) is 32.2. The molecule has 0 spiro atoms. The quantitative estimate of drug-likeness (QED) is 0.208. The van der Waals surface area contributed by atoms with E-state index in [4.69, 9.17) is 25.3 Å². The van der Waals surface area contributed by atoms with Crippen LogP contribution >= 0.6 is 10.7 Å². The van der Waals surface area contributed by atoms with E-state index in [0.717, 1.165) is 21.8 Å². The van der Waals surface area contributed by atoms with Gasteiger partial charge < -0.3 is 14.6 Å². The van der Waals surface area contributed by atoms with Gasteiger partial charge in [-0.1, -0.05) is 24.6 Å². The molecule has 0 radical (unpaired) electrons. The van der Waals surface area contributed by atoms with Gasteiger partial charge in [0.1, 0.15) is 30.2 Å². The van der Waals surface area contributed by atoms with E-state index in [1.807, 2.05) is 13.8 Å². The molecular formula is C38H37ClN4O13S. The SMILES string of the molecule is CCCOc1ccc2c(c1)C(=O)N(C1CCC(=O)NC1=O)C2=O.Cc1ccc(S(=O)(=O)Cl)cc1.O=C1CCC(N2C(=O)c3ccc(OCCO)cc3C2=O)C(=O)N1. The van der Waals surface area contributed by atoms with Gasteiger partial charge in [-0.2, -0.15) is 0 Å². The minimum absolute atomic E-state index is 0.0672. The van der Waals surface area contributed by atoms with Crippen molar-refractivity contribution in [3.63, 3.8) is 0 Å². The van der Waals surface area contributed by atoms with Gasteiger partial charge in [0.25, 0.3) is 32.7 Å². The first-order valence-electron chi connectivity index (χ1n) is 17.6. The molecule has 2 atom stereocenters. The summed E-state index contributed by atoms with van der Waals surface area (Å²) < 4.78 is 32.1. The second-order valence-corrected chi connectivity index (χ2v) is 15.5. The molecule has 0 aliphatic carbocycles. The summed E-state index contributed by atoms with van der Waals surface area (Å²) in [5.41, 5.74) is 1.83. The molecule has 4 aliphatic rings. The van der Waals surface area contributed by atoms with Gasteiger partial charge in [0.2, 0.25) is 23.6 Å². The third-order valence-electron chi connectivity index (χ3n) is 8.96. The van der Waals surface area contributed by atoms with Crippen molar-refractivity contribution < 1.29 is 61.4 Å². The van der Waals surface area contributed by atoms with Crippen LogP contribution in [0, 0.1) is 6.92 Å². The number of rotatable bonds is 9. The highest BCUT2D eigenvalue weighted by atomic mass is 35.7. The van der Waals surface area contributed by atoms with Crippen LogP contribution in [0.25, 0.3) is 0 Å². The zero-order chi connectivity index (χ0) is 41.6. The van der Waals surface area contributed by atoms with Gasteiger partial charge in [0.15, 0.2) is 0 Å². The second kappa shape index (κ2) is 17.9. The van der Waals surface area contributed by atoms with Crippen molar-refractivity contribution >= 4 is 67.0 Å². The molecular weight excluding hydrogens is 788 g/mol. The number of carbonyl (C=O) groups is 8. The lowest BCUT2D eigenvalue weighted by Crippen LogP contribution is -2.54. The largest absolute Gasteiger partial charge is 0.494 e. The van der Waals surface area contributed by atoms with Gasteiger partial charge in [-0.3, -0.25) is 58.8 Å². The maximum Gasteiger partial charge on any atom is 0.262 e. The van der Waals surface area contributed by atoms with Crippen molar-refractivity contribution in [1.82, 2.24) is 20.4 Å². The lowest BCUT2D eigenvalue weighted by molar-refractivity contribution is -0.137. The zero-order valence-electron chi connectivity index (χ0n) is 30.6. The van der Waals surface area contributed by atoms with E-state index in [-0.39, 0.29) is 66.0 Å². The van der Waals surface area contributed by atoms with Gasteiger partial charge in [0.05, 0.1) is 40.4 Å². The number of aliphatic hydroxyl groups excluding tert-OH is 1. The summed E-state index contributed by atoms with van der Waals surface area (Å²) >= 11 is 0. The molecule has 300 valence electrons. The number of aliphatic hydroxyl groups is 1. The van der Waals surface area contributed by atoms with E-state index in [9.17, 15) is 46.8 Å². The van der Waals surface area contributed by atoms with E-state index in [1.54, 1.807) is 18.2 Å². The second-order valence-electron chi connectivity index (χ2n) is 13.0. The van der Waals surface area contributed by atoms with Gasteiger partial charge in [0, 0.05) is 23.5 Å². The molecule has 2 fully saturated rings. The van der Waals surface area contributed by atoms with Crippen molar-refractivity contribution in [2.24, 2.45) is 0 Å². The van der Waals surface area contributed by atoms with Gasteiger partial charge in [-0.05, 0) is 74.7 Å². The molecule has 3 aromatic rings. The number of piperidine rings is 2. The number of ether oxygens (including phenoxy) is 2. The molecule has 7 rings (SSSR count). The minimum Gasteiger partial charge on any atom is -0.494 e. The summed E-state index contributed by atoms with van der Waals surface area (Å²) in [5, 5.41) is 13.1. The number of nitrogens with zero attached hydrogens (tertiary/aromatic N) is 2. The topological polar surface area (TPSA) is 240 Å². The molecule has 57 heavy (non-hydrogen) atoms. The van der Waals surface area contributed by atoms with Crippen molar-refractivity contribution in [3.8, 4) is 11.5 Å². The number of carbonyl (C=O) groups excluding carboxylic acids is 8. The first-order valence-corrected chi connectivity index (χ1v) is 20.0. The first-order chi connectivity index (χ1) is 27.0. The Morgan fingerprint density at radius 3 is 1.47 bits per heavy atom. The molecule has 0 aromatic heterocycles. The standard InChI is InChI=1S/C16H16N2O5.C15H14N2O6.C7H7ClO2S/c1-2-7-23-9-3-4-10-11(8-9)16(22)18(15(10)21)12-5-6-13(19)17-14(12)20;18-5-6-23-8-1-2-9-10(7-8)15(22)17(14(9)21)11-3-4-12(19)16-13(11)20;1-6-2-4-7(5-3-6)11(8,9)10/h3-4,8,12H,2,5-7H2,1H3,(H,17,19,20);1-2,7,11,18H,3-6H2,(H,16,19,20);2-5H,1H3. The lowest BCUT2D eigenvalue weighted by Gasteiger charge is -2.27. The van der Waals surface area contributed by atoms with Crippen LogP contribution in [0.15, 0.2) is 65.6 Å². The minimum atomic E-state index is -3.55. The molecule has 2 saturated heterocycles.